The molecule has 1 heterocycles. The van der Waals surface area contributed by atoms with Gasteiger partial charge in [0.05, 0.1) is 11.7 Å². The summed E-state index contributed by atoms with van der Waals surface area (Å²) >= 11 is 0. The van der Waals surface area contributed by atoms with Crippen LogP contribution in [0.3, 0.4) is 0 Å². The van der Waals surface area contributed by atoms with Gasteiger partial charge in [-0.25, -0.2) is 0 Å². The normalized spacial score (nSPS) is 18.4. The smallest absolute Gasteiger partial charge is 0.144 e. The van der Waals surface area contributed by atoms with Crippen LogP contribution in [0, 0.1) is 0 Å². The predicted octanol–water partition coefficient (Wildman–Crippen LogP) is 1.44. The van der Waals surface area contributed by atoms with Crippen LogP contribution >= 0.6 is 0 Å². The van der Waals surface area contributed by atoms with E-state index in [1.807, 2.05) is 25.2 Å². The topological polar surface area (TPSA) is 59.3 Å². The highest BCUT2D eigenvalue weighted by molar-refractivity contribution is 5.63. The highest BCUT2D eigenvalue weighted by atomic mass is 16.5. The fourth-order valence-electron chi connectivity index (χ4n) is 1.91. The summed E-state index contributed by atoms with van der Waals surface area (Å²) in [4.78, 5) is 0. The van der Waals surface area contributed by atoms with E-state index in [9.17, 15) is 0 Å². The molecule has 1 aliphatic heterocycles. The van der Waals surface area contributed by atoms with E-state index in [0.717, 1.165) is 43.1 Å². The fourth-order valence-corrected chi connectivity index (χ4v) is 1.91. The summed E-state index contributed by atoms with van der Waals surface area (Å²) in [5.74, 6) is 0.866. The van der Waals surface area contributed by atoms with Gasteiger partial charge in [-0.2, -0.15) is 0 Å². The molecule has 0 spiro atoms. The highest BCUT2D eigenvalue weighted by Gasteiger charge is 2.18. The number of anilines is 2. The molecule has 0 saturated carbocycles. The van der Waals surface area contributed by atoms with E-state index in [2.05, 4.69) is 10.6 Å². The lowest BCUT2D eigenvalue weighted by molar-refractivity contribution is 0.276. The molecular formula is C12H19N3O. The Morgan fingerprint density at radius 1 is 1.56 bits per heavy atom. The standard InChI is InChI=1S/C12H19N3O/c1-14-6-2-3-10-8-16-12-7-9(13)4-5-11(12)15-10/h4-5,7,10,14-15H,2-3,6,8,13H2,1H3. The zero-order valence-electron chi connectivity index (χ0n) is 9.62. The van der Waals surface area contributed by atoms with Crippen molar-refractivity contribution in [3.8, 4) is 5.75 Å². The number of hydrogen-bond donors (Lipinski definition) is 3. The summed E-state index contributed by atoms with van der Waals surface area (Å²) < 4.78 is 5.68. The summed E-state index contributed by atoms with van der Waals surface area (Å²) in [6, 6.07) is 6.15. The fraction of sp³-hybridized carbons (Fsp3) is 0.500. The van der Waals surface area contributed by atoms with Gasteiger partial charge in [-0.15, -0.1) is 0 Å². The minimum atomic E-state index is 0.407. The zero-order chi connectivity index (χ0) is 11.4. The van der Waals surface area contributed by atoms with Gasteiger partial charge in [-0.1, -0.05) is 0 Å². The number of benzene rings is 1. The quantitative estimate of drug-likeness (QED) is 0.532. The second-order valence-corrected chi connectivity index (χ2v) is 4.15. The summed E-state index contributed by atoms with van der Waals surface area (Å²) in [5.41, 5.74) is 7.49. The molecule has 16 heavy (non-hydrogen) atoms. The molecule has 88 valence electrons. The number of nitrogens with one attached hydrogen (secondary N) is 2. The molecule has 1 aromatic carbocycles. The molecule has 4 nitrogen and oxygen atoms in total. The Morgan fingerprint density at radius 3 is 3.25 bits per heavy atom. The molecule has 1 aliphatic rings. The summed E-state index contributed by atoms with van der Waals surface area (Å²) in [6.45, 7) is 1.77. The van der Waals surface area contributed by atoms with Gasteiger partial charge in [0.2, 0.25) is 0 Å². The molecule has 0 aliphatic carbocycles. The van der Waals surface area contributed by atoms with Crippen LogP contribution in [-0.2, 0) is 0 Å². The molecule has 0 radical (unpaired) electrons. The molecule has 4 heteroatoms. The van der Waals surface area contributed by atoms with Gasteiger partial charge < -0.3 is 21.1 Å². The van der Waals surface area contributed by atoms with Gasteiger partial charge in [-0.3, -0.25) is 0 Å². The first-order valence-electron chi connectivity index (χ1n) is 5.73. The van der Waals surface area contributed by atoms with Crippen molar-refractivity contribution in [2.45, 2.75) is 18.9 Å². The second-order valence-electron chi connectivity index (χ2n) is 4.15. The van der Waals surface area contributed by atoms with Crippen molar-refractivity contribution in [3.63, 3.8) is 0 Å². The molecule has 1 unspecified atom stereocenters. The Labute approximate surface area is 96.2 Å². The Bertz CT molecular complexity index is 354. The van der Waals surface area contributed by atoms with Crippen LogP contribution in [0.2, 0.25) is 0 Å². The molecule has 0 fully saturated rings. The monoisotopic (exact) mass is 221 g/mol. The van der Waals surface area contributed by atoms with Crippen molar-refractivity contribution in [1.82, 2.24) is 5.32 Å². The van der Waals surface area contributed by atoms with Crippen molar-refractivity contribution >= 4 is 11.4 Å². The van der Waals surface area contributed by atoms with Gasteiger partial charge in [0.1, 0.15) is 12.4 Å². The Balaban J connectivity index is 1.93. The van der Waals surface area contributed by atoms with Gasteiger partial charge in [-0.05, 0) is 38.6 Å². The van der Waals surface area contributed by atoms with E-state index in [-0.39, 0.29) is 0 Å². The van der Waals surface area contributed by atoms with Gasteiger partial charge in [0, 0.05) is 11.8 Å². The Kier molecular flexibility index (Phi) is 3.51. The van der Waals surface area contributed by atoms with Crippen LogP contribution in [0.5, 0.6) is 5.75 Å². The summed E-state index contributed by atoms with van der Waals surface area (Å²) in [6.07, 6.45) is 2.27. The van der Waals surface area contributed by atoms with E-state index < -0.39 is 0 Å². The maximum absolute atomic E-state index is 5.70. The predicted molar refractivity (Wildman–Crippen MR) is 66.9 cm³/mol. The molecule has 2 rings (SSSR count). The molecule has 0 bridgehead atoms. The average Bonchev–Trinajstić information content (AvgIpc) is 2.29. The van der Waals surface area contributed by atoms with Crippen molar-refractivity contribution in [2.75, 3.05) is 31.2 Å². The maximum Gasteiger partial charge on any atom is 0.144 e. The minimum Gasteiger partial charge on any atom is -0.489 e. The Morgan fingerprint density at radius 2 is 2.44 bits per heavy atom. The van der Waals surface area contributed by atoms with E-state index in [4.69, 9.17) is 10.5 Å². The minimum absolute atomic E-state index is 0.407. The van der Waals surface area contributed by atoms with E-state index in [1.165, 1.54) is 0 Å². The third kappa shape index (κ3) is 2.58. The van der Waals surface area contributed by atoms with Crippen LogP contribution < -0.4 is 21.1 Å². The summed E-state index contributed by atoms with van der Waals surface area (Å²) in [5, 5.41) is 6.62. The largest absolute Gasteiger partial charge is 0.489 e. The number of rotatable bonds is 4. The number of nitrogen functional groups attached to an aromatic ring is 1. The molecule has 1 aromatic rings. The first kappa shape index (κ1) is 11.1. The number of nitrogens with two attached hydrogens (primary N) is 1. The van der Waals surface area contributed by atoms with Gasteiger partial charge >= 0.3 is 0 Å². The van der Waals surface area contributed by atoms with Crippen molar-refractivity contribution in [2.24, 2.45) is 0 Å². The van der Waals surface area contributed by atoms with Crippen LogP contribution in [0.15, 0.2) is 18.2 Å². The van der Waals surface area contributed by atoms with Crippen molar-refractivity contribution in [1.29, 1.82) is 0 Å². The van der Waals surface area contributed by atoms with Crippen LogP contribution in [0.1, 0.15) is 12.8 Å². The lowest BCUT2D eigenvalue weighted by Crippen LogP contribution is -2.32. The van der Waals surface area contributed by atoms with Gasteiger partial charge in [0.15, 0.2) is 0 Å². The molecule has 1 atom stereocenters. The average molecular weight is 221 g/mol. The van der Waals surface area contributed by atoms with Crippen molar-refractivity contribution in [3.05, 3.63) is 18.2 Å². The number of fused-ring (bicyclic) bond motifs is 1. The number of hydrogen-bond acceptors (Lipinski definition) is 4. The second kappa shape index (κ2) is 5.07. The first-order valence-corrected chi connectivity index (χ1v) is 5.73. The summed E-state index contributed by atoms with van der Waals surface area (Å²) in [7, 11) is 1.98. The van der Waals surface area contributed by atoms with E-state index in [0.29, 0.717) is 6.04 Å². The zero-order valence-corrected chi connectivity index (χ0v) is 9.62. The molecule has 0 amide bonds. The van der Waals surface area contributed by atoms with Crippen LogP contribution in [0.4, 0.5) is 11.4 Å². The van der Waals surface area contributed by atoms with Gasteiger partial charge in [0.25, 0.3) is 0 Å². The van der Waals surface area contributed by atoms with Crippen LogP contribution in [0.25, 0.3) is 0 Å². The SMILES string of the molecule is CNCCCC1COc2cc(N)ccc2N1. The van der Waals surface area contributed by atoms with Crippen LogP contribution in [-0.4, -0.2) is 26.2 Å². The Hall–Kier alpha value is -1.42. The lowest BCUT2D eigenvalue weighted by Gasteiger charge is -2.27. The first-order chi connectivity index (χ1) is 7.79. The third-order valence-electron chi connectivity index (χ3n) is 2.78. The molecule has 4 N–H and O–H groups in total. The lowest BCUT2D eigenvalue weighted by atomic mass is 10.1. The van der Waals surface area contributed by atoms with E-state index >= 15 is 0 Å². The number of ether oxygens (including phenoxy) is 1. The maximum atomic E-state index is 5.70. The molecular weight excluding hydrogens is 202 g/mol. The highest BCUT2D eigenvalue weighted by Crippen LogP contribution is 2.31. The molecule has 0 saturated heterocycles. The third-order valence-corrected chi connectivity index (χ3v) is 2.78. The van der Waals surface area contributed by atoms with E-state index in [1.54, 1.807) is 0 Å². The van der Waals surface area contributed by atoms with Crippen molar-refractivity contribution < 1.29 is 4.74 Å². The molecule has 0 aromatic heterocycles.